The van der Waals surface area contributed by atoms with E-state index in [1.165, 1.54) is 25.7 Å². The van der Waals surface area contributed by atoms with E-state index in [2.05, 4.69) is 43.2 Å². The average molecular weight is 331 g/mol. The van der Waals surface area contributed by atoms with E-state index in [9.17, 15) is 0 Å². The van der Waals surface area contributed by atoms with Crippen molar-refractivity contribution in [1.82, 2.24) is 20.3 Å². The Morgan fingerprint density at radius 1 is 0.792 bits per heavy atom. The van der Waals surface area contributed by atoms with Gasteiger partial charge < -0.3 is 21.1 Å². The van der Waals surface area contributed by atoms with Crippen LogP contribution in [0.5, 0.6) is 0 Å². The summed E-state index contributed by atoms with van der Waals surface area (Å²) in [5.74, 6) is 2.03. The van der Waals surface area contributed by atoms with Crippen LogP contribution in [0.2, 0.25) is 0 Å². The van der Waals surface area contributed by atoms with E-state index in [0.717, 1.165) is 69.7 Å². The molecule has 0 atom stereocenters. The van der Waals surface area contributed by atoms with Gasteiger partial charge in [0.2, 0.25) is 0 Å². The summed E-state index contributed by atoms with van der Waals surface area (Å²) in [5.41, 5.74) is 8.21. The van der Waals surface area contributed by atoms with Gasteiger partial charge in [0.15, 0.2) is 5.82 Å². The van der Waals surface area contributed by atoms with E-state index in [1.54, 1.807) is 0 Å². The van der Waals surface area contributed by atoms with Crippen LogP contribution in [-0.4, -0.2) is 67.4 Å². The lowest BCUT2D eigenvalue weighted by molar-refractivity contribution is 0.406. The molecule has 3 saturated heterocycles. The van der Waals surface area contributed by atoms with E-state index >= 15 is 0 Å². The lowest BCUT2D eigenvalue weighted by Crippen LogP contribution is -2.44. The Bertz CT molecular complexity index is 532. The number of aromatic nitrogens is 1. The van der Waals surface area contributed by atoms with Gasteiger partial charge in [0.25, 0.3) is 0 Å². The number of rotatable bonds is 5. The van der Waals surface area contributed by atoms with Gasteiger partial charge in [-0.1, -0.05) is 0 Å². The number of hydrogen-bond acceptors (Lipinski definition) is 7. The molecule has 0 radical (unpaired) electrons. The van der Waals surface area contributed by atoms with Gasteiger partial charge >= 0.3 is 0 Å². The van der Waals surface area contributed by atoms with Crippen LogP contribution in [0.3, 0.4) is 0 Å². The second-order valence-electron chi connectivity index (χ2n) is 6.92. The molecule has 0 aliphatic carbocycles. The van der Waals surface area contributed by atoms with E-state index < -0.39 is 0 Å². The lowest BCUT2D eigenvalue weighted by Gasteiger charge is -2.32. The molecule has 0 amide bonds. The maximum Gasteiger partial charge on any atom is 0.155 e. The molecule has 132 valence electrons. The molecule has 3 aliphatic heterocycles. The molecular weight excluding hydrogens is 302 g/mol. The number of piperazine rings is 1. The summed E-state index contributed by atoms with van der Waals surface area (Å²) in [6, 6.07) is 4.28. The maximum absolute atomic E-state index is 4.96. The molecule has 3 fully saturated rings. The Morgan fingerprint density at radius 2 is 1.42 bits per heavy atom. The summed E-state index contributed by atoms with van der Waals surface area (Å²) < 4.78 is 0. The molecule has 0 unspecified atom stereocenters. The van der Waals surface area contributed by atoms with Crippen molar-refractivity contribution in [3.8, 4) is 0 Å². The van der Waals surface area contributed by atoms with Crippen molar-refractivity contribution in [1.29, 1.82) is 0 Å². The second kappa shape index (κ2) is 7.55. The summed E-state index contributed by atoms with van der Waals surface area (Å²) in [6.07, 6.45) is 5.09. The van der Waals surface area contributed by atoms with Gasteiger partial charge in [-0.3, -0.25) is 0 Å². The number of nitrogens with zero attached hydrogens (tertiary/aromatic N) is 4. The summed E-state index contributed by atoms with van der Waals surface area (Å²) in [6.45, 7) is 8.52. The number of hydrazine groups is 2. The molecular formula is C17H29N7. The van der Waals surface area contributed by atoms with Crippen LogP contribution in [0.15, 0.2) is 12.1 Å². The zero-order chi connectivity index (χ0) is 16.2. The molecule has 0 saturated carbocycles. The molecule has 1 aromatic rings. The van der Waals surface area contributed by atoms with Crippen molar-refractivity contribution >= 4 is 17.3 Å². The first-order valence-corrected chi connectivity index (χ1v) is 9.38. The third-order valence-electron chi connectivity index (χ3n) is 5.06. The van der Waals surface area contributed by atoms with Crippen LogP contribution >= 0.6 is 0 Å². The van der Waals surface area contributed by atoms with E-state index in [0.29, 0.717) is 0 Å². The zero-order valence-electron chi connectivity index (χ0n) is 14.4. The minimum Gasteiger partial charge on any atom is -0.352 e. The predicted molar refractivity (Wildman–Crippen MR) is 98.2 cm³/mol. The highest BCUT2D eigenvalue weighted by Crippen LogP contribution is 2.28. The van der Waals surface area contributed by atoms with Crippen LogP contribution in [0.4, 0.5) is 17.3 Å². The van der Waals surface area contributed by atoms with E-state index in [-0.39, 0.29) is 0 Å². The Hall–Kier alpha value is -1.57. The fraction of sp³-hybridized carbons (Fsp3) is 0.706. The van der Waals surface area contributed by atoms with Crippen LogP contribution in [-0.2, 0) is 0 Å². The highest BCUT2D eigenvalue weighted by atomic mass is 15.5. The van der Waals surface area contributed by atoms with Gasteiger partial charge in [0.05, 0.1) is 5.69 Å². The molecule has 1 aromatic heterocycles. The first-order chi connectivity index (χ1) is 11.9. The summed E-state index contributed by atoms with van der Waals surface area (Å²) in [7, 11) is 0. The first kappa shape index (κ1) is 15.9. The Balaban J connectivity index is 1.54. The molecule has 3 N–H and O–H groups in total. The van der Waals surface area contributed by atoms with Crippen molar-refractivity contribution in [2.45, 2.75) is 25.7 Å². The molecule has 3 aliphatic rings. The fourth-order valence-corrected chi connectivity index (χ4v) is 3.71. The number of nitrogens with one attached hydrogen (secondary N) is 3. The van der Waals surface area contributed by atoms with Gasteiger partial charge in [0, 0.05) is 52.4 Å². The summed E-state index contributed by atoms with van der Waals surface area (Å²) in [4.78, 5) is 7.35. The smallest absolute Gasteiger partial charge is 0.155 e. The van der Waals surface area contributed by atoms with Crippen molar-refractivity contribution in [3.05, 3.63) is 12.1 Å². The Morgan fingerprint density at radius 3 is 2.08 bits per heavy atom. The highest BCUT2D eigenvalue weighted by Gasteiger charge is 2.20. The SMILES string of the molecule is c1cc(NN2CCCC2)c(N2CCNCC2)nc1NN1CCCC1. The zero-order valence-corrected chi connectivity index (χ0v) is 14.4. The molecule has 7 nitrogen and oxygen atoms in total. The fourth-order valence-electron chi connectivity index (χ4n) is 3.71. The molecule has 0 aromatic carbocycles. The van der Waals surface area contributed by atoms with Crippen LogP contribution in [0.25, 0.3) is 0 Å². The van der Waals surface area contributed by atoms with Crippen LogP contribution < -0.4 is 21.1 Å². The topological polar surface area (TPSA) is 58.7 Å². The van der Waals surface area contributed by atoms with Crippen molar-refractivity contribution in [2.24, 2.45) is 0 Å². The van der Waals surface area contributed by atoms with Gasteiger partial charge in [-0.05, 0) is 37.8 Å². The van der Waals surface area contributed by atoms with Gasteiger partial charge in [0.1, 0.15) is 5.82 Å². The van der Waals surface area contributed by atoms with Crippen molar-refractivity contribution < 1.29 is 0 Å². The van der Waals surface area contributed by atoms with Gasteiger partial charge in [-0.2, -0.15) is 0 Å². The second-order valence-corrected chi connectivity index (χ2v) is 6.92. The third-order valence-corrected chi connectivity index (χ3v) is 5.06. The number of pyridine rings is 1. The quantitative estimate of drug-likeness (QED) is 0.753. The summed E-state index contributed by atoms with van der Waals surface area (Å²) in [5, 5.41) is 8.02. The largest absolute Gasteiger partial charge is 0.352 e. The lowest BCUT2D eigenvalue weighted by atomic mass is 10.3. The molecule has 24 heavy (non-hydrogen) atoms. The van der Waals surface area contributed by atoms with Crippen molar-refractivity contribution in [3.63, 3.8) is 0 Å². The van der Waals surface area contributed by atoms with Crippen LogP contribution in [0.1, 0.15) is 25.7 Å². The molecule has 4 rings (SSSR count). The normalized spacial score (nSPS) is 22.9. The summed E-state index contributed by atoms with van der Waals surface area (Å²) >= 11 is 0. The Kier molecular flexibility index (Phi) is 5.01. The monoisotopic (exact) mass is 331 g/mol. The molecule has 7 heteroatoms. The first-order valence-electron chi connectivity index (χ1n) is 9.38. The maximum atomic E-state index is 4.96. The molecule has 4 heterocycles. The standard InChI is InChI=1S/C17H29N7/c1-2-10-23(9-1)20-15-5-6-16(21-24-11-3-4-12-24)19-17(15)22-13-7-18-8-14-22/h5-6,18,20H,1-4,7-14H2,(H,19,21). The Labute approximate surface area is 144 Å². The highest BCUT2D eigenvalue weighted by molar-refractivity contribution is 5.68. The minimum absolute atomic E-state index is 0.956. The van der Waals surface area contributed by atoms with E-state index in [4.69, 9.17) is 4.98 Å². The van der Waals surface area contributed by atoms with Gasteiger partial charge in [-0.25, -0.2) is 15.0 Å². The third kappa shape index (κ3) is 3.74. The predicted octanol–water partition coefficient (Wildman–Crippen LogP) is 1.34. The number of anilines is 3. The average Bonchev–Trinajstić information content (AvgIpc) is 3.31. The minimum atomic E-state index is 0.956. The van der Waals surface area contributed by atoms with Crippen molar-refractivity contribution in [2.75, 3.05) is 68.1 Å². The van der Waals surface area contributed by atoms with E-state index in [1.807, 2.05) is 0 Å². The van der Waals surface area contributed by atoms with Crippen LogP contribution in [0, 0.1) is 0 Å². The van der Waals surface area contributed by atoms with Gasteiger partial charge in [-0.15, -0.1) is 0 Å². The number of hydrogen-bond donors (Lipinski definition) is 3. The molecule has 0 spiro atoms. The molecule has 0 bridgehead atoms.